The molecule has 5 nitrogen and oxygen atoms in total. The number of hydrogen-bond acceptors (Lipinski definition) is 4. The van der Waals surface area contributed by atoms with Crippen LogP contribution in [-0.4, -0.2) is 21.5 Å². The summed E-state index contributed by atoms with van der Waals surface area (Å²) in [5.74, 6) is 0. The Labute approximate surface area is 83.2 Å². The van der Waals surface area contributed by atoms with Gasteiger partial charge in [0.2, 0.25) is 10.0 Å². The molecule has 0 unspecified atom stereocenters. The molecular weight excluding hydrogens is 202 g/mol. The van der Waals surface area contributed by atoms with Gasteiger partial charge in [-0.1, -0.05) is 12.1 Å². The van der Waals surface area contributed by atoms with Crippen LogP contribution in [0.15, 0.2) is 29.2 Å². The Balaban J connectivity index is 3.04. The van der Waals surface area contributed by atoms with Gasteiger partial charge in [-0.25, -0.2) is 13.6 Å². The van der Waals surface area contributed by atoms with Crippen LogP contribution in [-0.2, 0) is 10.0 Å². The van der Waals surface area contributed by atoms with Gasteiger partial charge in [-0.3, -0.25) is 0 Å². The minimum atomic E-state index is -3.67. The van der Waals surface area contributed by atoms with Crippen LogP contribution in [0.2, 0.25) is 0 Å². The predicted octanol–water partition coefficient (Wildman–Crippen LogP) is -0.295. The van der Waals surface area contributed by atoms with Gasteiger partial charge in [0.1, 0.15) is 4.90 Å². The van der Waals surface area contributed by atoms with Crippen molar-refractivity contribution in [1.82, 2.24) is 0 Å². The largest absolute Gasteiger partial charge is 0.383 e. The maximum atomic E-state index is 11.1. The van der Waals surface area contributed by atoms with E-state index in [9.17, 15) is 8.42 Å². The summed E-state index contributed by atoms with van der Waals surface area (Å²) in [4.78, 5) is 0.0912. The lowest BCUT2D eigenvalue weighted by Gasteiger charge is -2.08. The number of sulfonamides is 1. The van der Waals surface area contributed by atoms with Gasteiger partial charge in [-0.05, 0) is 12.1 Å². The van der Waals surface area contributed by atoms with Crippen molar-refractivity contribution >= 4 is 15.7 Å². The minimum Gasteiger partial charge on any atom is -0.383 e. The summed E-state index contributed by atoms with van der Waals surface area (Å²) in [6, 6.07) is 6.45. The van der Waals surface area contributed by atoms with E-state index >= 15 is 0 Å². The van der Waals surface area contributed by atoms with E-state index in [4.69, 9.17) is 10.9 Å². The fourth-order valence-corrected chi connectivity index (χ4v) is 1.78. The van der Waals surface area contributed by atoms with Gasteiger partial charge in [-0.15, -0.1) is 0 Å². The topological polar surface area (TPSA) is 98.2 Å². The number of nitrogens with two attached hydrogens (primary N) is 2. The van der Waals surface area contributed by atoms with Crippen molar-refractivity contribution in [3.05, 3.63) is 24.3 Å². The Hall–Kier alpha value is -1.11. The molecule has 1 aromatic carbocycles. The van der Waals surface area contributed by atoms with E-state index in [1.165, 1.54) is 6.07 Å². The average Bonchev–Trinajstić information content (AvgIpc) is 2.14. The first-order chi connectivity index (χ1) is 6.55. The molecule has 1 aromatic rings. The smallest absolute Gasteiger partial charge is 0.240 e. The van der Waals surface area contributed by atoms with Crippen LogP contribution in [0.4, 0.5) is 5.69 Å². The Morgan fingerprint density at radius 1 is 1.29 bits per heavy atom. The van der Waals surface area contributed by atoms with E-state index < -0.39 is 10.0 Å². The van der Waals surface area contributed by atoms with Gasteiger partial charge < -0.3 is 11.1 Å². The Morgan fingerprint density at radius 3 is 2.50 bits per heavy atom. The highest BCUT2D eigenvalue weighted by Crippen LogP contribution is 2.18. The highest BCUT2D eigenvalue weighted by molar-refractivity contribution is 7.89. The normalized spacial score (nSPS) is 11.3. The van der Waals surface area contributed by atoms with Crippen LogP contribution in [0.3, 0.4) is 0 Å². The molecule has 5 N–H and O–H groups in total. The molecule has 0 bridgehead atoms. The molecule has 0 fully saturated rings. The number of para-hydroxylation sites is 1. The van der Waals surface area contributed by atoms with Gasteiger partial charge in [0.25, 0.3) is 0 Å². The molecule has 14 heavy (non-hydrogen) atoms. The quantitative estimate of drug-likeness (QED) is 0.642. The van der Waals surface area contributed by atoms with Crippen molar-refractivity contribution in [3.8, 4) is 0 Å². The summed E-state index contributed by atoms with van der Waals surface area (Å²) in [6.07, 6.45) is 0. The third-order valence-electron chi connectivity index (χ3n) is 1.65. The summed E-state index contributed by atoms with van der Waals surface area (Å²) in [6.45, 7) is 0.936. The third kappa shape index (κ3) is 2.69. The van der Waals surface area contributed by atoms with Crippen molar-refractivity contribution < 1.29 is 8.42 Å². The summed E-state index contributed by atoms with van der Waals surface area (Å²) in [5.41, 5.74) is 5.78. The van der Waals surface area contributed by atoms with Crippen molar-refractivity contribution in [1.29, 1.82) is 0 Å². The fraction of sp³-hybridized carbons (Fsp3) is 0.250. The molecule has 0 spiro atoms. The number of benzene rings is 1. The molecular formula is C8H13N3O2S. The molecule has 0 saturated carbocycles. The number of primary sulfonamides is 1. The molecule has 6 heteroatoms. The lowest BCUT2D eigenvalue weighted by molar-refractivity contribution is 0.598. The van der Waals surface area contributed by atoms with Crippen molar-refractivity contribution in [2.24, 2.45) is 10.9 Å². The molecule has 0 heterocycles. The molecule has 0 atom stereocenters. The van der Waals surface area contributed by atoms with Gasteiger partial charge >= 0.3 is 0 Å². The molecule has 0 saturated heterocycles. The van der Waals surface area contributed by atoms with Gasteiger partial charge in [0, 0.05) is 13.1 Å². The van der Waals surface area contributed by atoms with Crippen LogP contribution < -0.4 is 16.2 Å². The fourth-order valence-electron chi connectivity index (χ4n) is 1.07. The maximum absolute atomic E-state index is 11.1. The number of hydrogen-bond donors (Lipinski definition) is 3. The van der Waals surface area contributed by atoms with Crippen molar-refractivity contribution in [3.63, 3.8) is 0 Å². The second kappa shape index (κ2) is 4.41. The lowest BCUT2D eigenvalue weighted by Crippen LogP contribution is -2.18. The monoisotopic (exact) mass is 215 g/mol. The van der Waals surface area contributed by atoms with Gasteiger partial charge in [-0.2, -0.15) is 0 Å². The standard InChI is InChI=1S/C8H13N3O2S/c9-5-6-11-7-3-1-2-4-8(7)14(10,12)13/h1-4,11H,5-6,9H2,(H2,10,12,13). The zero-order valence-electron chi connectivity index (χ0n) is 7.60. The molecule has 1 rings (SSSR count). The predicted molar refractivity (Wildman–Crippen MR) is 55.4 cm³/mol. The zero-order chi connectivity index (χ0) is 10.6. The van der Waals surface area contributed by atoms with Gasteiger partial charge in [0.15, 0.2) is 0 Å². The van der Waals surface area contributed by atoms with Crippen LogP contribution in [0.25, 0.3) is 0 Å². The molecule has 0 radical (unpaired) electrons. The summed E-state index contributed by atoms with van der Waals surface area (Å²) >= 11 is 0. The highest BCUT2D eigenvalue weighted by atomic mass is 32.2. The highest BCUT2D eigenvalue weighted by Gasteiger charge is 2.11. The summed E-state index contributed by atoms with van der Waals surface area (Å²) in [5, 5.41) is 7.92. The minimum absolute atomic E-state index is 0.0912. The molecule has 0 aliphatic rings. The molecule has 0 amide bonds. The Morgan fingerprint density at radius 2 is 1.93 bits per heavy atom. The third-order valence-corrected chi connectivity index (χ3v) is 2.62. The lowest BCUT2D eigenvalue weighted by atomic mass is 10.3. The van der Waals surface area contributed by atoms with E-state index in [0.29, 0.717) is 18.8 Å². The average molecular weight is 215 g/mol. The number of rotatable bonds is 4. The van der Waals surface area contributed by atoms with Crippen LogP contribution in [0, 0.1) is 0 Å². The SMILES string of the molecule is NCCNc1ccccc1S(N)(=O)=O. The molecule has 0 aliphatic heterocycles. The second-order valence-corrected chi connectivity index (χ2v) is 4.29. The summed E-state index contributed by atoms with van der Waals surface area (Å²) < 4.78 is 22.2. The first-order valence-electron chi connectivity index (χ1n) is 4.11. The van der Waals surface area contributed by atoms with E-state index in [1.807, 2.05) is 0 Å². The first kappa shape index (κ1) is 11.0. The molecule has 0 aromatic heterocycles. The Bertz CT molecular complexity index is 403. The number of nitrogens with one attached hydrogen (secondary N) is 1. The van der Waals surface area contributed by atoms with E-state index in [0.717, 1.165) is 0 Å². The Kier molecular flexibility index (Phi) is 3.45. The van der Waals surface area contributed by atoms with Crippen LogP contribution in [0.5, 0.6) is 0 Å². The first-order valence-corrected chi connectivity index (χ1v) is 5.66. The van der Waals surface area contributed by atoms with Gasteiger partial charge in [0.05, 0.1) is 5.69 Å². The van der Waals surface area contributed by atoms with Crippen LogP contribution >= 0.6 is 0 Å². The molecule has 78 valence electrons. The van der Waals surface area contributed by atoms with E-state index in [2.05, 4.69) is 5.32 Å². The zero-order valence-corrected chi connectivity index (χ0v) is 8.42. The molecule has 0 aliphatic carbocycles. The van der Waals surface area contributed by atoms with Crippen molar-refractivity contribution in [2.45, 2.75) is 4.90 Å². The van der Waals surface area contributed by atoms with Crippen molar-refractivity contribution in [2.75, 3.05) is 18.4 Å². The van der Waals surface area contributed by atoms with E-state index in [1.54, 1.807) is 18.2 Å². The number of anilines is 1. The maximum Gasteiger partial charge on any atom is 0.240 e. The van der Waals surface area contributed by atoms with E-state index in [-0.39, 0.29) is 4.90 Å². The summed E-state index contributed by atoms with van der Waals surface area (Å²) in [7, 11) is -3.67. The second-order valence-electron chi connectivity index (χ2n) is 2.76. The van der Waals surface area contributed by atoms with Crippen LogP contribution in [0.1, 0.15) is 0 Å².